The van der Waals surface area contributed by atoms with Gasteiger partial charge in [0.1, 0.15) is 0 Å². The van der Waals surface area contributed by atoms with Gasteiger partial charge in [0.15, 0.2) is 0 Å². The van der Waals surface area contributed by atoms with Crippen molar-refractivity contribution in [2.24, 2.45) is 0 Å². The van der Waals surface area contributed by atoms with Crippen LogP contribution in [0.2, 0.25) is 0 Å². The number of rotatable bonds is 10. The molecule has 0 aliphatic heterocycles. The summed E-state index contributed by atoms with van der Waals surface area (Å²) in [5, 5.41) is 0. The third-order valence-corrected chi connectivity index (χ3v) is 13.8. The quantitative estimate of drug-likeness (QED) is 0.132. The Morgan fingerprint density at radius 2 is 0.632 bits per heavy atom. The van der Waals surface area contributed by atoms with Crippen molar-refractivity contribution in [3.05, 3.63) is 307 Å². The number of fused-ring (bicyclic) bond motifs is 3. The zero-order chi connectivity index (χ0) is 45.3. The lowest BCUT2D eigenvalue weighted by Crippen LogP contribution is -2.29. The fraction of sp³-hybridized carbons (Fsp3) is 0.0149. The van der Waals surface area contributed by atoms with Crippen LogP contribution in [-0.4, -0.2) is 0 Å². The molecule has 11 aromatic rings. The second-order valence-corrected chi connectivity index (χ2v) is 17.6. The smallest absolute Gasteiger partial charge is 0.0720 e. The fourth-order valence-electron chi connectivity index (χ4n) is 10.6. The Labute approximate surface area is 399 Å². The minimum Gasteiger partial charge on any atom is -0.310 e. The Bertz CT molecular complexity index is 3460. The van der Waals surface area contributed by atoms with Crippen LogP contribution < -0.4 is 4.90 Å². The topological polar surface area (TPSA) is 3.24 Å². The van der Waals surface area contributed by atoms with Crippen LogP contribution in [0.1, 0.15) is 22.3 Å². The largest absolute Gasteiger partial charge is 0.310 e. The molecule has 1 heteroatoms. The Balaban J connectivity index is 1.11. The third-order valence-electron chi connectivity index (χ3n) is 13.8. The molecule has 68 heavy (non-hydrogen) atoms. The molecule has 0 spiro atoms. The lowest BCUT2D eigenvalue weighted by molar-refractivity contribution is 0.770. The highest BCUT2D eigenvalue weighted by molar-refractivity contribution is 5.96. The van der Waals surface area contributed by atoms with Crippen LogP contribution in [0, 0.1) is 0 Å². The number of benzene rings is 11. The van der Waals surface area contributed by atoms with Gasteiger partial charge in [-0.1, -0.05) is 249 Å². The number of anilines is 3. The van der Waals surface area contributed by atoms with Crippen molar-refractivity contribution in [2.45, 2.75) is 5.41 Å². The zero-order valence-corrected chi connectivity index (χ0v) is 37.6. The van der Waals surface area contributed by atoms with E-state index in [4.69, 9.17) is 0 Å². The predicted octanol–water partition coefficient (Wildman–Crippen LogP) is 17.9. The summed E-state index contributed by atoms with van der Waals surface area (Å²) in [7, 11) is 0. The molecule has 0 saturated heterocycles. The van der Waals surface area contributed by atoms with Crippen LogP contribution in [0.15, 0.2) is 285 Å². The van der Waals surface area contributed by atoms with Crippen LogP contribution in [-0.2, 0) is 5.41 Å². The highest BCUT2D eigenvalue weighted by Gasteiger charge is 2.48. The standard InChI is InChI=1S/C67H47N/c1-7-20-48(21-8-1)51-34-36-54(37-35-51)60-32-19-33-62-61-44-43-59(47-64(61)67(66(60)62,56-28-15-5-16-29-56)57-30-17-6-18-31-57)68(58-41-38-52(39-42-58)49-22-9-2-10-23-49)65-45-40-55(50-24-11-3-12-25-50)46-63(65)53-26-13-4-14-27-53/h1-47H. The van der Waals surface area contributed by atoms with Gasteiger partial charge in [0.2, 0.25) is 0 Å². The van der Waals surface area contributed by atoms with E-state index >= 15 is 0 Å². The van der Waals surface area contributed by atoms with Gasteiger partial charge in [-0.05, 0) is 120 Å². The number of hydrogen-bond donors (Lipinski definition) is 0. The summed E-state index contributed by atoms with van der Waals surface area (Å²) in [6, 6.07) is 104. The Morgan fingerprint density at radius 1 is 0.235 bits per heavy atom. The normalized spacial score (nSPS) is 12.2. The molecule has 0 N–H and O–H groups in total. The first kappa shape index (κ1) is 40.7. The number of nitrogens with zero attached hydrogens (tertiary/aromatic N) is 1. The summed E-state index contributed by atoms with van der Waals surface area (Å²) in [6.45, 7) is 0. The lowest BCUT2D eigenvalue weighted by Gasteiger charge is -2.36. The van der Waals surface area contributed by atoms with Crippen molar-refractivity contribution in [3.8, 4) is 66.8 Å². The zero-order valence-electron chi connectivity index (χ0n) is 37.6. The summed E-state index contributed by atoms with van der Waals surface area (Å²) in [4.78, 5) is 2.47. The van der Waals surface area contributed by atoms with E-state index < -0.39 is 5.41 Å². The predicted molar refractivity (Wildman–Crippen MR) is 286 cm³/mol. The molecular weight excluding hydrogens is 819 g/mol. The van der Waals surface area contributed by atoms with Crippen LogP contribution in [0.25, 0.3) is 66.8 Å². The van der Waals surface area contributed by atoms with Gasteiger partial charge < -0.3 is 4.90 Å². The highest BCUT2D eigenvalue weighted by atomic mass is 15.1. The minimum absolute atomic E-state index is 0.653. The molecule has 11 aromatic carbocycles. The van der Waals surface area contributed by atoms with Crippen molar-refractivity contribution < 1.29 is 0 Å². The fourth-order valence-corrected chi connectivity index (χ4v) is 10.6. The van der Waals surface area contributed by atoms with E-state index in [0.717, 1.165) is 28.2 Å². The van der Waals surface area contributed by atoms with E-state index in [9.17, 15) is 0 Å². The molecule has 0 unspecified atom stereocenters. The maximum atomic E-state index is 2.49. The third kappa shape index (κ3) is 7.13. The van der Waals surface area contributed by atoms with E-state index in [0.29, 0.717) is 0 Å². The molecule has 0 amide bonds. The molecular formula is C67H47N. The van der Waals surface area contributed by atoms with Gasteiger partial charge in [-0.25, -0.2) is 0 Å². The Kier molecular flexibility index (Phi) is 10.5. The van der Waals surface area contributed by atoms with E-state index in [1.807, 2.05) is 0 Å². The summed E-state index contributed by atoms with van der Waals surface area (Å²) in [6.07, 6.45) is 0. The molecule has 1 nitrogen and oxygen atoms in total. The van der Waals surface area contributed by atoms with Gasteiger partial charge in [-0.3, -0.25) is 0 Å². The van der Waals surface area contributed by atoms with Crippen molar-refractivity contribution in [3.63, 3.8) is 0 Å². The molecule has 1 aliphatic carbocycles. The summed E-state index contributed by atoms with van der Waals surface area (Å²) < 4.78 is 0. The second-order valence-electron chi connectivity index (χ2n) is 17.6. The monoisotopic (exact) mass is 865 g/mol. The minimum atomic E-state index is -0.653. The maximum absolute atomic E-state index is 2.49. The van der Waals surface area contributed by atoms with Crippen LogP contribution in [0.4, 0.5) is 17.1 Å². The van der Waals surface area contributed by atoms with Crippen LogP contribution in [0.3, 0.4) is 0 Å². The van der Waals surface area contributed by atoms with Crippen LogP contribution in [0.5, 0.6) is 0 Å². The highest BCUT2D eigenvalue weighted by Crippen LogP contribution is 2.60. The summed E-state index contributed by atoms with van der Waals surface area (Å²) in [5.41, 5.74) is 22.0. The van der Waals surface area contributed by atoms with Gasteiger partial charge in [-0.15, -0.1) is 0 Å². The molecule has 1 aliphatic rings. The summed E-state index contributed by atoms with van der Waals surface area (Å²) in [5.74, 6) is 0. The molecule has 0 bridgehead atoms. The molecule has 12 rings (SSSR count). The van der Waals surface area contributed by atoms with Gasteiger partial charge in [0.25, 0.3) is 0 Å². The van der Waals surface area contributed by atoms with Crippen LogP contribution >= 0.6 is 0 Å². The maximum Gasteiger partial charge on any atom is 0.0720 e. The van der Waals surface area contributed by atoms with Crippen molar-refractivity contribution >= 4 is 17.1 Å². The number of hydrogen-bond acceptors (Lipinski definition) is 1. The van der Waals surface area contributed by atoms with Crippen molar-refractivity contribution in [1.29, 1.82) is 0 Å². The first-order valence-corrected chi connectivity index (χ1v) is 23.5. The van der Waals surface area contributed by atoms with E-state index in [2.05, 4.69) is 290 Å². The molecule has 0 saturated carbocycles. The van der Waals surface area contributed by atoms with Crippen molar-refractivity contribution in [2.75, 3.05) is 4.90 Å². The average molecular weight is 866 g/mol. The molecule has 0 atom stereocenters. The second kappa shape index (κ2) is 17.5. The lowest BCUT2D eigenvalue weighted by atomic mass is 9.66. The summed E-state index contributed by atoms with van der Waals surface area (Å²) >= 11 is 0. The van der Waals surface area contributed by atoms with E-state index in [1.54, 1.807) is 0 Å². The van der Waals surface area contributed by atoms with Gasteiger partial charge in [0, 0.05) is 16.9 Å². The van der Waals surface area contributed by atoms with Crippen molar-refractivity contribution in [1.82, 2.24) is 0 Å². The molecule has 0 fully saturated rings. The Hall–Kier alpha value is -8.78. The molecule has 0 aromatic heterocycles. The molecule has 0 radical (unpaired) electrons. The first-order chi connectivity index (χ1) is 33.7. The average Bonchev–Trinajstić information content (AvgIpc) is 3.73. The molecule has 0 heterocycles. The first-order valence-electron chi connectivity index (χ1n) is 23.5. The van der Waals surface area contributed by atoms with E-state index in [-0.39, 0.29) is 0 Å². The van der Waals surface area contributed by atoms with Gasteiger partial charge in [-0.2, -0.15) is 0 Å². The van der Waals surface area contributed by atoms with Gasteiger partial charge >= 0.3 is 0 Å². The van der Waals surface area contributed by atoms with E-state index in [1.165, 1.54) is 77.9 Å². The van der Waals surface area contributed by atoms with Gasteiger partial charge in [0.05, 0.1) is 11.1 Å². The Morgan fingerprint density at radius 3 is 1.18 bits per heavy atom. The molecule has 320 valence electrons. The SMILES string of the molecule is c1ccc(-c2ccc(-c3cccc4c3C(c3ccccc3)(c3ccccc3)c3cc(N(c5ccc(-c6ccccc6)cc5)c5ccc(-c6ccccc6)cc5-c5ccccc5)ccc3-4)cc2)cc1.